The predicted octanol–water partition coefficient (Wildman–Crippen LogP) is 4.03. The third-order valence-corrected chi connectivity index (χ3v) is 11.5. The van der Waals surface area contributed by atoms with Crippen molar-refractivity contribution < 1.29 is 49.4 Å². The molecule has 1 aromatic rings. The van der Waals surface area contributed by atoms with Crippen molar-refractivity contribution >= 4 is 29.2 Å². The zero-order valence-corrected chi connectivity index (χ0v) is 25.1. The van der Waals surface area contributed by atoms with Gasteiger partial charge in [0, 0.05) is 18.0 Å². The van der Waals surface area contributed by atoms with Crippen LogP contribution in [0.5, 0.6) is 0 Å². The molecule has 1 saturated heterocycles. The highest BCUT2D eigenvalue weighted by Gasteiger charge is 2.65. The van der Waals surface area contributed by atoms with Crippen LogP contribution in [0.25, 0.3) is 0 Å². The van der Waals surface area contributed by atoms with E-state index in [4.69, 9.17) is 0 Å². The van der Waals surface area contributed by atoms with Gasteiger partial charge in [0.05, 0.1) is 18.3 Å². The van der Waals surface area contributed by atoms with Crippen LogP contribution in [-0.4, -0.2) is 65.9 Å². The molecule has 2 fully saturated rings. The first kappa shape index (κ1) is 34.1. The molecule has 236 valence electrons. The molecule has 0 spiro atoms. The number of benzene rings is 1. The fourth-order valence-electron chi connectivity index (χ4n) is 5.08. The number of nitrogens with one attached hydrogen (secondary N) is 2. The van der Waals surface area contributed by atoms with Crippen molar-refractivity contribution in [2.75, 3.05) is 12.3 Å². The molecule has 1 aliphatic heterocycles. The van der Waals surface area contributed by atoms with Crippen LogP contribution in [0.1, 0.15) is 52.0 Å². The average Bonchev–Trinajstić information content (AvgIpc) is 3.36. The van der Waals surface area contributed by atoms with Gasteiger partial charge >= 0.3 is 6.18 Å². The van der Waals surface area contributed by atoms with Crippen LogP contribution < -0.4 is 10.0 Å². The van der Waals surface area contributed by atoms with Crippen molar-refractivity contribution in [1.82, 2.24) is 14.9 Å². The SMILES string of the molecule is C=C[C@@H]1C[C@]1(NC(=O)[C@@H]1CCCN1C(=O)[C@@H](NS(=O)(=O)CCC(F)(F)F)C(C)(C)C)P(=O)(O)Cc1c(F)cccc1F. The second-order valence-corrected chi connectivity index (χ2v) is 16.2. The number of nitrogens with zero attached hydrogens (tertiary/aromatic N) is 1. The Kier molecular flexibility index (Phi) is 9.73. The number of carbonyl (C=O) groups excluding carboxylic acids is 2. The molecule has 1 unspecified atom stereocenters. The number of carbonyl (C=O) groups is 2. The highest BCUT2D eigenvalue weighted by atomic mass is 32.2. The molecular formula is C26H35F5N3O6PS. The Morgan fingerprint density at radius 2 is 1.83 bits per heavy atom. The van der Waals surface area contributed by atoms with E-state index in [1.807, 2.05) is 0 Å². The molecule has 9 nitrogen and oxygen atoms in total. The van der Waals surface area contributed by atoms with Crippen LogP contribution in [0.4, 0.5) is 22.0 Å². The summed E-state index contributed by atoms with van der Waals surface area (Å²) in [4.78, 5) is 39.2. The summed E-state index contributed by atoms with van der Waals surface area (Å²) in [7, 11) is -9.09. The average molecular weight is 644 g/mol. The van der Waals surface area contributed by atoms with Gasteiger partial charge in [-0.05, 0) is 36.8 Å². The van der Waals surface area contributed by atoms with Gasteiger partial charge in [-0.25, -0.2) is 21.9 Å². The fraction of sp³-hybridized carbons (Fsp3) is 0.615. The molecule has 16 heteroatoms. The minimum atomic E-state index is -4.74. The van der Waals surface area contributed by atoms with Crippen LogP contribution in [0, 0.1) is 23.0 Å². The Morgan fingerprint density at radius 3 is 2.33 bits per heavy atom. The molecule has 1 aliphatic carbocycles. The van der Waals surface area contributed by atoms with Gasteiger partial charge in [-0.2, -0.15) is 13.2 Å². The number of alkyl halides is 3. The largest absolute Gasteiger partial charge is 0.390 e. The Labute approximate surface area is 241 Å². The lowest BCUT2D eigenvalue weighted by Crippen LogP contribution is -2.58. The number of hydrogen-bond acceptors (Lipinski definition) is 5. The quantitative estimate of drug-likeness (QED) is 0.190. The summed E-state index contributed by atoms with van der Waals surface area (Å²) >= 11 is 0. The van der Waals surface area contributed by atoms with E-state index in [0.717, 1.165) is 23.1 Å². The third-order valence-electron chi connectivity index (χ3n) is 7.57. The van der Waals surface area contributed by atoms with Gasteiger partial charge in [0.25, 0.3) is 0 Å². The van der Waals surface area contributed by atoms with Crippen LogP contribution in [0.3, 0.4) is 0 Å². The van der Waals surface area contributed by atoms with E-state index in [1.54, 1.807) is 0 Å². The predicted molar refractivity (Wildman–Crippen MR) is 145 cm³/mol. The van der Waals surface area contributed by atoms with Crippen molar-refractivity contribution in [2.45, 2.75) is 76.2 Å². The van der Waals surface area contributed by atoms with Gasteiger partial charge in [-0.15, -0.1) is 6.58 Å². The molecular weight excluding hydrogens is 608 g/mol. The van der Waals surface area contributed by atoms with E-state index in [1.165, 1.54) is 26.8 Å². The minimum Gasteiger partial charge on any atom is -0.342 e. The number of halogens is 5. The van der Waals surface area contributed by atoms with Crippen molar-refractivity contribution in [3.05, 3.63) is 48.1 Å². The Balaban J connectivity index is 1.83. The number of likely N-dealkylation sites (tertiary alicyclic amines) is 1. The molecule has 0 aromatic heterocycles. The first-order chi connectivity index (χ1) is 19.1. The maximum atomic E-state index is 14.3. The van der Waals surface area contributed by atoms with Gasteiger partial charge in [-0.1, -0.05) is 32.9 Å². The summed E-state index contributed by atoms with van der Waals surface area (Å²) in [6.07, 6.45) is -5.54. The molecule has 3 N–H and O–H groups in total. The molecule has 1 heterocycles. The molecule has 0 radical (unpaired) electrons. The summed E-state index contributed by atoms with van der Waals surface area (Å²) in [6, 6.07) is 0.257. The van der Waals surface area contributed by atoms with Crippen LogP contribution in [0.15, 0.2) is 30.9 Å². The summed E-state index contributed by atoms with van der Waals surface area (Å²) < 4.78 is 107. The van der Waals surface area contributed by atoms with E-state index < -0.39 is 99.6 Å². The maximum Gasteiger partial charge on any atom is 0.390 e. The second kappa shape index (κ2) is 12.0. The first-order valence-corrected chi connectivity index (χ1v) is 16.7. The molecule has 1 saturated carbocycles. The number of amides is 2. The molecule has 42 heavy (non-hydrogen) atoms. The molecule has 0 bridgehead atoms. The summed E-state index contributed by atoms with van der Waals surface area (Å²) in [6.45, 7) is 8.14. The van der Waals surface area contributed by atoms with Crippen molar-refractivity contribution in [1.29, 1.82) is 0 Å². The minimum absolute atomic E-state index is 0.0168. The topological polar surface area (TPSA) is 133 Å². The number of rotatable bonds is 11. The van der Waals surface area contributed by atoms with E-state index in [0.29, 0.717) is 6.42 Å². The molecule has 2 amide bonds. The summed E-state index contributed by atoms with van der Waals surface area (Å²) in [5, 5.41) is 0.741. The van der Waals surface area contributed by atoms with Crippen LogP contribution >= 0.6 is 7.37 Å². The van der Waals surface area contributed by atoms with Crippen LogP contribution in [0.2, 0.25) is 0 Å². The smallest absolute Gasteiger partial charge is 0.342 e. The molecule has 2 aliphatic rings. The zero-order chi connectivity index (χ0) is 31.9. The van der Waals surface area contributed by atoms with Gasteiger partial charge in [0.1, 0.15) is 29.0 Å². The number of hydrogen-bond donors (Lipinski definition) is 3. The van der Waals surface area contributed by atoms with Crippen molar-refractivity contribution in [3.63, 3.8) is 0 Å². The highest BCUT2D eigenvalue weighted by molar-refractivity contribution is 7.89. The summed E-state index contributed by atoms with van der Waals surface area (Å²) in [5.74, 6) is -5.73. The van der Waals surface area contributed by atoms with Gasteiger partial charge < -0.3 is 15.1 Å². The van der Waals surface area contributed by atoms with Crippen LogP contribution in [-0.2, 0) is 30.3 Å². The second-order valence-electron chi connectivity index (χ2n) is 11.8. The van der Waals surface area contributed by atoms with Gasteiger partial charge in [-0.3, -0.25) is 14.2 Å². The van der Waals surface area contributed by atoms with Gasteiger partial charge in [0.15, 0.2) is 0 Å². The van der Waals surface area contributed by atoms with E-state index in [2.05, 4.69) is 16.6 Å². The van der Waals surface area contributed by atoms with Crippen molar-refractivity contribution in [2.24, 2.45) is 11.3 Å². The lowest BCUT2D eigenvalue weighted by atomic mass is 9.86. The highest BCUT2D eigenvalue weighted by Crippen LogP contribution is 2.71. The summed E-state index contributed by atoms with van der Waals surface area (Å²) in [5.41, 5.74) is -1.72. The van der Waals surface area contributed by atoms with Gasteiger partial charge in [0.2, 0.25) is 29.2 Å². The Morgan fingerprint density at radius 1 is 1.24 bits per heavy atom. The first-order valence-electron chi connectivity index (χ1n) is 13.2. The fourth-order valence-corrected chi connectivity index (χ4v) is 8.91. The maximum absolute atomic E-state index is 14.3. The lowest BCUT2D eigenvalue weighted by Gasteiger charge is -2.36. The molecule has 3 rings (SSSR count). The van der Waals surface area contributed by atoms with E-state index in [-0.39, 0.29) is 19.4 Å². The third kappa shape index (κ3) is 7.59. The zero-order valence-electron chi connectivity index (χ0n) is 23.4. The van der Waals surface area contributed by atoms with E-state index >= 15 is 0 Å². The molecule has 1 aromatic carbocycles. The molecule has 5 atom stereocenters. The van der Waals surface area contributed by atoms with Crippen molar-refractivity contribution in [3.8, 4) is 0 Å². The standard InChI is InChI=1S/C26H35F5N3O6PS/c1-5-16-14-25(16,41(37,38)15-17-18(27)8-6-9-19(17)28)32-22(35)20-10-7-12-34(20)23(36)21(24(2,3)4)33-42(39,40)13-11-26(29,30)31/h5-6,8-9,16,20-21,33H,1,7,10-15H2,2-4H3,(H,32,35)(H,37,38)/t16-,20+,21-,25+/m1/s1. The normalized spacial score (nSPS) is 25.0. The monoisotopic (exact) mass is 643 g/mol. The Bertz CT molecular complexity index is 1360. The lowest BCUT2D eigenvalue weighted by molar-refractivity contribution is -0.141. The van der Waals surface area contributed by atoms with E-state index in [9.17, 15) is 49.4 Å². The number of sulfonamides is 1. The Hall–Kier alpha value is -2.35.